The summed E-state index contributed by atoms with van der Waals surface area (Å²) in [6, 6.07) is 2.85. The predicted molar refractivity (Wildman–Crippen MR) is 104 cm³/mol. The lowest BCUT2D eigenvalue weighted by atomic mass is 9.78. The number of nitrogens with zero attached hydrogens (tertiary/aromatic N) is 3. The molecule has 140 valence electrons. The van der Waals surface area contributed by atoms with Gasteiger partial charge in [0.25, 0.3) is 0 Å². The summed E-state index contributed by atoms with van der Waals surface area (Å²) >= 11 is 0. The summed E-state index contributed by atoms with van der Waals surface area (Å²) in [6.45, 7) is 9.09. The fraction of sp³-hybridized carbons (Fsp3) is 0.789. The molecule has 6 heteroatoms. The number of anilines is 2. The molecule has 3 rings (SSSR count). The quantitative estimate of drug-likeness (QED) is 0.777. The summed E-state index contributed by atoms with van der Waals surface area (Å²) in [7, 11) is 3.98. The van der Waals surface area contributed by atoms with Crippen LogP contribution in [-0.2, 0) is 0 Å². The predicted octanol–water partition coefficient (Wildman–Crippen LogP) is 2.47. The summed E-state index contributed by atoms with van der Waals surface area (Å²) < 4.78 is 0. The van der Waals surface area contributed by atoms with Crippen molar-refractivity contribution in [1.82, 2.24) is 15.3 Å². The van der Waals surface area contributed by atoms with Crippen molar-refractivity contribution in [3.8, 4) is 0 Å². The van der Waals surface area contributed by atoms with Crippen molar-refractivity contribution in [1.29, 1.82) is 0 Å². The normalized spacial score (nSPS) is 28.3. The van der Waals surface area contributed by atoms with Crippen molar-refractivity contribution >= 4 is 11.8 Å². The van der Waals surface area contributed by atoms with Gasteiger partial charge in [-0.15, -0.1) is 0 Å². The highest BCUT2D eigenvalue weighted by Crippen LogP contribution is 2.36. The highest BCUT2D eigenvalue weighted by molar-refractivity contribution is 5.45. The van der Waals surface area contributed by atoms with E-state index in [2.05, 4.69) is 44.4 Å². The fourth-order valence-electron chi connectivity index (χ4n) is 4.47. The van der Waals surface area contributed by atoms with Crippen molar-refractivity contribution in [3.05, 3.63) is 11.8 Å². The van der Waals surface area contributed by atoms with E-state index in [4.69, 9.17) is 15.7 Å². The van der Waals surface area contributed by atoms with Gasteiger partial charge in [-0.25, -0.2) is 4.98 Å². The number of nitrogens with two attached hydrogens (primary N) is 1. The first-order valence-electron chi connectivity index (χ1n) is 9.41. The Balaban J connectivity index is 1.81. The van der Waals surface area contributed by atoms with E-state index in [0.29, 0.717) is 18.0 Å². The van der Waals surface area contributed by atoms with Crippen LogP contribution in [0.5, 0.6) is 0 Å². The lowest BCUT2D eigenvalue weighted by molar-refractivity contribution is 0.170. The number of nitrogens with one attached hydrogen (secondary N) is 2. The van der Waals surface area contributed by atoms with Gasteiger partial charge in [-0.3, -0.25) is 0 Å². The van der Waals surface area contributed by atoms with Gasteiger partial charge < -0.3 is 21.3 Å². The molecule has 1 saturated carbocycles. The third kappa shape index (κ3) is 4.42. The van der Waals surface area contributed by atoms with E-state index < -0.39 is 0 Å². The maximum absolute atomic E-state index is 5.97. The number of piperidine rings is 1. The zero-order valence-electron chi connectivity index (χ0n) is 16.6. The lowest BCUT2D eigenvalue weighted by Crippen LogP contribution is -2.60. The van der Waals surface area contributed by atoms with Crippen LogP contribution in [0.2, 0.25) is 0 Å². The highest BCUT2D eigenvalue weighted by Gasteiger charge is 2.38. The van der Waals surface area contributed by atoms with Gasteiger partial charge in [-0.2, -0.15) is 4.98 Å². The molecule has 4 N–H and O–H groups in total. The Hall–Kier alpha value is -1.40. The minimum absolute atomic E-state index is 0.112. The number of rotatable bonds is 4. The Kier molecular flexibility index (Phi) is 4.71. The molecule has 1 aliphatic heterocycles. The van der Waals surface area contributed by atoms with E-state index in [1.807, 2.05) is 19.0 Å². The molecule has 2 fully saturated rings. The number of aromatic nitrogens is 2. The van der Waals surface area contributed by atoms with Crippen molar-refractivity contribution in [3.63, 3.8) is 0 Å². The van der Waals surface area contributed by atoms with Gasteiger partial charge in [-0.1, -0.05) is 0 Å². The van der Waals surface area contributed by atoms with Crippen LogP contribution in [-0.4, -0.2) is 47.2 Å². The van der Waals surface area contributed by atoms with Gasteiger partial charge in [0.1, 0.15) is 5.82 Å². The van der Waals surface area contributed by atoms with Crippen LogP contribution in [0.4, 0.5) is 11.8 Å². The second kappa shape index (κ2) is 6.40. The van der Waals surface area contributed by atoms with E-state index in [9.17, 15) is 0 Å². The average molecular weight is 347 g/mol. The topological polar surface area (TPSA) is 79.1 Å². The van der Waals surface area contributed by atoms with Crippen molar-refractivity contribution in [2.75, 3.05) is 24.3 Å². The highest BCUT2D eigenvalue weighted by atomic mass is 15.2. The average Bonchev–Trinajstić information content (AvgIpc) is 2.39. The Morgan fingerprint density at radius 3 is 2.24 bits per heavy atom. The van der Waals surface area contributed by atoms with Crippen LogP contribution in [0.15, 0.2) is 6.07 Å². The molecule has 1 saturated heterocycles. The van der Waals surface area contributed by atoms with Gasteiger partial charge in [0.2, 0.25) is 5.95 Å². The van der Waals surface area contributed by atoms with Gasteiger partial charge in [0.15, 0.2) is 0 Å². The third-order valence-electron chi connectivity index (χ3n) is 5.27. The van der Waals surface area contributed by atoms with Crippen LogP contribution in [0.1, 0.15) is 65.0 Å². The van der Waals surface area contributed by atoms with Crippen LogP contribution >= 0.6 is 0 Å². The van der Waals surface area contributed by atoms with E-state index in [0.717, 1.165) is 43.1 Å². The molecule has 0 radical (unpaired) electrons. The Bertz CT molecular complexity index is 602. The molecular formula is C19H34N6. The molecule has 1 aromatic rings. The number of hydrogen-bond acceptors (Lipinski definition) is 6. The molecule has 0 aromatic carbocycles. The summed E-state index contributed by atoms with van der Waals surface area (Å²) in [6.07, 6.45) is 4.19. The van der Waals surface area contributed by atoms with Crippen molar-refractivity contribution in [2.45, 2.75) is 82.5 Å². The van der Waals surface area contributed by atoms with Gasteiger partial charge in [-0.05, 0) is 53.4 Å². The fourth-order valence-corrected chi connectivity index (χ4v) is 4.47. The van der Waals surface area contributed by atoms with E-state index in [-0.39, 0.29) is 11.1 Å². The largest absolute Gasteiger partial charge is 0.367 e. The standard InChI is InChI=1S/C19H34N6/c1-18(2)10-14(11-19(3,4)24-18)21-16-9-15(12-7-13(20)8-12)22-17(23-16)25(5)6/h9,12-14,24H,7-8,10-11,20H2,1-6H3,(H,21,22,23). The molecule has 0 spiro atoms. The smallest absolute Gasteiger partial charge is 0.227 e. The summed E-state index contributed by atoms with van der Waals surface area (Å²) in [5, 5.41) is 7.43. The zero-order chi connectivity index (χ0) is 18.4. The van der Waals surface area contributed by atoms with E-state index in [1.54, 1.807) is 0 Å². The molecule has 6 nitrogen and oxygen atoms in total. The van der Waals surface area contributed by atoms with Crippen LogP contribution in [0, 0.1) is 0 Å². The summed E-state index contributed by atoms with van der Waals surface area (Å²) in [5.74, 6) is 2.18. The molecule has 0 bridgehead atoms. The first-order valence-corrected chi connectivity index (χ1v) is 9.41. The summed E-state index contributed by atoms with van der Waals surface area (Å²) in [5.41, 5.74) is 7.32. The van der Waals surface area contributed by atoms with Gasteiger partial charge >= 0.3 is 0 Å². The Morgan fingerprint density at radius 2 is 1.72 bits per heavy atom. The van der Waals surface area contributed by atoms with Crippen molar-refractivity contribution < 1.29 is 0 Å². The van der Waals surface area contributed by atoms with Crippen LogP contribution in [0.3, 0.4) is 0 Å². The SMILES string of the molecule is CN(C)c1nc(NC2CC(C)(C)NC(C)(C)C2)cc(C2CC(N)C2)n1. The van der Waals surface area contributed by atoms with Gasteiger partial charge in [0.05, 0.1) is 5.69 Å². The minimum atomic E-state index is 0.112. The maximum atomic E-state index is 5.97. The second-order valence-corrected chi connectivity index (χ2v) is 9.44. The molecule has 1 aromatic heterocycles. The van der Waals surface area contributed by atoms with Gasteiger partial charge in [0, 0.05) is 49.2 Å². The summed E-state index contributed by atoms with van der Waals surface area (Å²) in [4.78, 5) is 11.5. The maximum Gasteiger partial charge on any atom is 0.227 e. The Morgan fingerprint density at radius 1 is 1.12 bits per heavy atom. The van der Waals surface area contributed by atoms with E-state index in [1.165, 1.54) is 0 Å². The molecular weight excluding hydrogens is 312 g/mol. The third-order valence-corrected chi connectivity index (χ3v) is 5.27. The first kappa shape index (κ1) is 18.4. The molecule has 0 amide bonds. The Labute approximate surface area is 152 Å². The molecule has 1 aliphatic carbocycles. The minimum Gasteiger partial charge on any atom is -0.367 e. The zero-order valence-corrected chi connectivity index (χ0v) is 16.6. The monoisotopic (exact) mass is 346 g/mol. The lowest BCUT2D eigenvalue weighted by Gasteiger charge is -2.46. The van der Waals surface area contributed by atoms with Crippen LogP contribution in [0.25, 0.3) is 0 Å². The first-order chi connectivity index (χ1) is 11.5. The molecule has 2 heterocycles. The van der Waals surface area contributed by atoms with Crippen molar-refractivity contribution in [2.24, 2.45) is 5.73 Å². The molecule has 25 heavy (non-hydrogen) atoms. The second-order valence-electron chi connectivity index (χ2n) is 9.44. The molecule has 2 aliphatic rings. The molecule has 0 atom stereocenters. The van der Waals surface area contributed by atoms with Crippen LogP contribution < -0.4 is 21.3 Å². The van der Waals surface area contributed by atoms with E-state index >= 15 is 0 Å². The number of hydrogen-bond donors (Lipinski definition) is 3. The molecule has 0 unspecified atom stereocenters.